The van der Waals surface area contributed by atoms with Gasteiger partial charge < -0.3 is 9.84 Å². The van der Waals surface area contributed by atoms with Crippen LogP contribution in [0.25, 0.3) is 0 Å². The van der Waals surface area contributed by atoms with Crippen molar-refractivity contribution in [1.82, 2.24) is 4.72 Å². The van der Waals surface area contributed by atoms with Gasteiger partial charge in [-0.25, -0.2) is 12.8 Å². The van der Waals surface area contributed by atoms with Crippen LogP contribution in [0.4, 0.5) is 4.39 Å². The molecule has 1 rings (SSSR count). The topological polar surface area (TPSA) is 110 Å². The average molecular weight is 319 g/mol. The van der Waals surface area contributed by atoms with E-state index >= 15 is 0 Å². The molecule has 1 aromatic carbocycles. The number of rotatable bonds is 6. The number of hydrogen-bond acceptors (Lipinski definition) is 5. The zero-order valence-electron chi connectivity index (χ0n) is 11.3. The number of ether oxygens (including phenoxy) is 1. The van der Waals surface area contributed by atoms with E-state index in [4.69, 9.17) is 5.11 Å². The first-order valence-corrected chi connectivity index (χ1v) is 7.24. The van der Waals surface area contributed by atoms with Gasteiger partial charge in [-0.2, -0.15) is 4.72 Å². The van der Waals surface area contributed by atoms with Gasteiger partial charge in [-0.05, 0) is 24.6 Å². The molecule has 0 spiro atoms. The zero-order valence-corrected chi connectivity index (χ0v) is 12.1. The standard InChI is InChI=1S/C12H14FNO6S/c1-7-3-4-8(13)5-10(7)21(18,19)14-9(12(16)17)6-11(15)20-2/h3-5,9,14H,6H2,1-2H3,(H,16,17)/t9-/m0/s1. The smallest absolute Gasteiger partial charge is 0.322 e. The lowest BCUT2D eigenvalue weighted by atomic mass is 10.2. The molecule has 1 atom stereocenters. The lowest BCUT2D eigenvalue weighted by Gasteiger charge is -2.15. The lowest BCUT2D eigenvalue weighted by Crippen LogP contribution is -2.42. The Morgan fingerprint density at radius 3 is 2.57 bits per heavy atom. The van der Waals surface area contributed by atoms with E-state index in [0.717, 1.165) is 19.2 Å². The van der Waals surface area contributed by atoms with Crippen LogP contribution in [0.5, 0.6) is 0 Å². The summed E-state index contributed by atoms with van der Waals surface area (Å²) in [4.78, 5) is 21.7. The molecule has 1 aromatic rings. The van der Waals surface area contributed by atoms with Crippen molar-refractivity contribution in [2.24, 2.45) is 0 Å². The van der Waals surface area contributed by atoms with Crippen LogP contribution in [-0.4, -0.2) is 38.6 Å². The largest absolute Gasteiger partial charge is 0.480 e. The second-order valence-corrected chi connectivity index (χ2v) is 5.88. The van der Waals surface area contributed by atoms with Gasteiger partial charge in [0.25, 0.3) is 0 Å². The van der Waals surface area contributed by atoms with Crippen LogP contribution in [0.15, 0.2) is 23.1 Å². The Hall–Kier alpha value is -2.00. The van der Waals surface area contributed by atoms with Crippen molar-refractivity contribution in [3.8, 4) is 0 Å². The molecular formula is C12H14FNO6S. The molecule has 0 fully saturated rings. The van der Waals surface area contributed by atoms with Crippen molar-refractivity contribution in [3.63, 3.8) is 0 Å². The highest BCUT2D eigenvalue weighted by atomic mass is 32.2. The molecule has 0 unspecified atom stereocenters. The van der Waals surface area contributed by atoms with Gasteiger partial charge in [-0.1, -0.05) is 6.07 Å². The number of halogens is 1. The first kappa shape index (κ1) is 17.1. The summed E-state index contributed by atoms with van der Waals surface area (Å²) in [5, 5.41) is 8.94. The number of carbonyl (C=O) groups excluding carboxylic acids is 1. The van der Waals surface area contributed by atoms with Crippen LogP contribution in [-0.2, 0) is 24.3 Å². The van der Waals surface area contributed by atoms with Crippen LogP contribution < -0.4 is 4.72 Å². The Morgan fingerprint density at radius 1 is 1.43 bits per heavy atom. The SMILES string of the molecule is COC(=O)C[C@H](NS(=O)(=O)c1cc(F)ccc1C)C(=O)O. The van der Waals surface area contributed by atoms with Gasteiger partial charge in [-0.3, -0.25) is 9.59 Å². The molecule has 0 aliphatic heterocycles. The maximum absolute atomic E-state index is 13.2. The molecule has 7 nitrogen and oxygen atoms in total. The van der Waals surface area contributed by atoms with Gasteiger partial charge in [0.2, 0.25) is 10.0 Å². The van der Waals surface area contributed by atoms with Crippen molar-refractivity contribution in [3.05, 3.63) is 29.6 Å². The van der Waals surface area contributed by atoms with Crippen LogP contribution in [0.3, 0.4) is 0 Å². The minimum absolute atomic E-state index is 0.242. The number of carboxylic acid groups (broad SMARTS) is 1. The Balaban J connectivity index is 3.09. The van der Waals surface area contributed by atoms with Crippen LogP contribution >= 0.6 is 0 Å². The van der Waals surface area contributed by atoms with Crippen molar-refractivity contribution < 1.29 is 32.2 Å². The monoisotopic (exact) mass is 319 g/mol. The molecule has 9 heteroatoms. The number of aliphatic carboxylic acids is 1. The molecule has 0 heterocycles. The number of carbonyl (C=O) groups is 2. The molecule has 0 amide bonds. The number of benzene rings is 1. The van der Waals surface area contributed by atoms with E-state index in [9.17, 15) is 22.4 Å². The number of nitrogens with one attached hydrogen (secondary N) is 1. The fraction of sp³-hybridized carbons (Fsp3) is 0.333. The molecular weight excluding hydrogens is 305 g/mol. The highest BCUT2D eigenvalue weighted by Gasteiger charge is 2.29. The van der Waals surface area contributed by atoms with Gasteiger partial charge in [0.05, 0.1) is 18.4 Å². The van der Waals surface area contributed by atoms with E-state index in [0.29, 0.717) is 0 Å². The molecule has 0 saturated carbocycles. The summed E-state index contributed by atoms with van der Waals surface area (Å²) in [6.07, 6.45) is -0.681. The number of hydrogen-bond donors (Lipinski definition) is 2. The van der Waals surface area contributed by atoms with E-state index in [-0.39, 0.29) is 5.56 Å². The van der Waals surface area contributed by atoms with Crippen LogP contribution in [0.1, 0.15) is 12.0 Å². The normalized spacial score (nSPS) is 12.7. The highest BCUT2D eigenvalue weighted by molar-refractivity contribution is 7.89. The second kappa shape index (κ2) is 6.64. The van der Waals surface area contributed by atoms with Crippen LogP contribution in [0.2, 0.25) is 0 Å². The van der Waals surface area contributed by atoms with Gasteiger partial charge in [0, 0.05) is 0 Å². The van der Waals surface area contributed by atoms with E-state index < -0.39 is 45.1 Å². The number of methoxy groups -OCH3 is 1. The molecule has 0 saturated heterocycles. The van der Waals surface area contributed by atoms with E-state index in [1.807, 2.05) is 4.72 Å². The lowest BCUT2D eigenvalue weighted by molar-refractivity contribution is -0.147. The highest BCUT2D eigenvalue weighted by Crippen LogP contribution is 2.17. The Kier molecular flexibility index (Phi) is 5.39. The summed E-state index contributed by atoms with van der Waals surface area (Å²) < 4.78 is 43.5. The van der Waals surface area contributed by atoms with Crippen molar-refractivity contribution in [1.29, 1.82) is 0 Å². The van der Waals surface area contributed by atoms with Crippen molar-refractivity contribution in [2.75, 3.05) is 7.11 Å². The molecule has 0 aliphatic rings. The van der Waals surface area contributed by atoms with E-state index in [2.05, 4.69) is 4.74 Å². The fourth-order valence-electron chi connectivity index (χ4n) is 1.54. The summed E-state index contributed by atoms with van der Waals surface area (Å²) in [7, 11) is -3.24. The molecule has 2 N–H and O–H groups in total. The third kappa shape index (κ3) is 4.50. The van der Waals surface area contributed by atoms with E-state index in [1.54, 1.807) is 0 Å². The average Bonchev–Trinajstić information content (AvgIpc) is 2.40. The first-order chi connectivity index (χ1) is 9.67. The quantitative estimate of drug-likeness (QED) is 0.736. The molecule has 116 valence electrons. The molecule has 0 bridgehead atoms. The summed E-state index contributed by atoms with van der Waals surface area (Å²) in [6, 6.07) is 1.40. The number of aryl methyl sites for hydroxylation is 1. The minimum Gasteiger partial charge on any atom is -0.480 e. The van der Waals surface area contributed by atoms with Crippen molar-refractivity contribution in [2.45, 2.75) is 24.3 Å². The zero-order chi connectivity index (χ0) is 16.2. The predicted octanol–water partition coefficient (Wildman–Crippen LogP) is 0.429. The molecule has 0 radical (unpaired) electrons. The predicted molar refractivity (Wildman–Crippen MR) is 69.5 cm³/mol. The maximum atomic E-state index is 13.2. The first-order valence-electron chi connectivity index (χ1n) is 5.75. The third-order valence-electron chi connectivity index (χ3n) is 2.63. The van der Waals surface area contributed by atoms with Gasteiger partial charge in [0.1, 0.15) is 11.9 Å². The summed E-state index contributed by atoms with van der Waals surface area (Å²) in [5.74, 6) is -3.21. The van der Waals surface area contributed by atoms with Gasteiger partial charge in [-0.15, -0.1) is 0 Å². The Labute approximate surface area is 120 Å². The molecule has 0 aliphatic carbocycles. The van der Waals surface area contributed by atoms with Crippen molar-refractivity contribution >= 4 is 22.0 Å². The van der Waals surface area contributed by atoms with Gasteiger partial charge in [0.15, 0.2) is 0 Å². The maximum Gasteiger partial charge on any atom is 0.322 e. The number of esters is 1. The Morgan fingerprint density at radius 2 is 2.05 bits per heavy atom. The Bertz CT molecular complexity index is 658. The third-order valence-corrected chi connectivity index (χ3v) is 4.25. The molecule has 0 aromatic heterocycles. The number of sulfonamides is 1. The van der Waals surface area contributed by atoms with E-state index in [1.165, 1.54) is 13.0 Å². The second-order valence-electron chi connectivity index (χ2n) is 4.20. The fourth-order valence-corrected chi connectivity index (χ4v) is 2.99. The summed E-state index contributed by atoms with van der Waals surface area (Å²) >= 11 is 0. The minimum atomic E-state index is -4.29. The molecule has 21 heavy (non-hydrogen) atoms. The van der Waals surface area contributed by atoms with Gasteiger partial charge >= 0.3 is 11.9 Å². The number of carboxylic acids is 1. The summed E-state index contributed by atoms with van der Waals surface area (Å²) in [6.45, 7) is 1.43. The summed E-state index contributed by atoms with van der Waals surface area (Å²) in [5.41, 5.74) is 0.242. The van der Waals surface area contributed by atoms with Crippen LogP contribution in [0, 0.1) is 12.7 Å².